The summed E-state index contributed by atoms with van der Waals surface area (Å²) in [5.74, 6) is 0. The molecule has 1 aromatic carbocycles. The first-order valence-electron chi connectivity index (χ1n) is 3.81. The Hall–Kier alpha value is 0.280. The molecular formula is C9H7BrCl2. The third-order valence-electron chi connectivity index (χ3n) is 2.21. The van der Waals surface area contributed by atoms with E-state index in [-0.39, 0.29) is 5.38 Å². The highest BCUT2D eigenvalue weighted by Gasteiger charge is 2.24. The number of rotatable bonds is 0. The first-order valence-corrected chi connectivity index (χ1v) is 5.41. The van der Waals surface area contributed by atoms with Gasteiger partial charge in [0.05, 0.1) is 5.38 Å². The van der Waals surface area contributed by atoms with E-state index in [1.165, 1.54) is 5.56 Å². The van der Waals surface area contributed by atoms with Crippen LogP contribution in [0.15, 0.2) is 16.6 Å². The van der Waals surface area contributed by atoms with Crippen molar-refractivity contribution in [3.8, 4) is 0 Å². The lowest BCUT2D eigenvalue weighted by molar-refractivity contribution is 0.881. The summed E-state index contributed by atoms with van der Waals surface area (Å²) >= 11 is 15.6. The molecule has 0 spiro atoms. The average Bonchev–Trinajstić information content (AvgIpc) is 2.42. The molecule has 0 bridgehead atoms. The Morgan fingerprint density at radius 3 is 2.83 bits per heavy atom. The SMILES string of the molecule is Clc1ccc(Br)c2c1C(Cl)CC2. The van der Waals surface area contributed by atoms with Crippen LogP contribution in [0.25, 0.3) is 0 Å². The van der Waals surface area contributed by atoms with E-state index in [9.17, 15) is 0 Å². The highest BCUT2D eigenvalue weighted by Crippen LogP contribution is 2.43. The van der Waals surface area contributed by atoms with Gasteiger partial charge in [-0.05, 0) is 36.1 Å². The summed E-state index contributed by atoms with van der Waals surface area (Å²) in [6.45, 7) is 0. The summed E-state index contributed by atoms with van der Waals surface area (Å²) in [5, 5.41) is 0.899. The predicted molar refractivity (Wildman–Crippen MR) is 56.1 cm³/mol. The van der Waals surface area contributed by atoms with Crippen molar-refractivity contribution < 1.29 is 0 Å². The molecule has 0 heterocycles. The third kappa shape index (κ3) is 1.28. The van der Waals surface area contributed by atoms with Crippen LogP contribution in [0.3, 0.4) is 0 Å². The monoisotopic (exact) mass is 264 g/mol. The highest BCUT2D eigenvalue weighted by atomic mass is 79.9. The van der Waals surface area contributed by atoms with Crippen molar-refractivity contribution in [2.45, 2.75) is 18.2 Å². The van der Waals surface area contributed by atoms with Crippen LogP contribution in [0, 0.1) is 0 Å². The third-order valence-corrected chi connectivity index (χ3v) is 3.72. The van der Waals surface area contributed by atoms with Crippen molar-refractivity contribution in [3.05, 3.63) is 32.8 Å². The molecule has 1 atom stereocenters. The van der Waals surface area contributed by atoms with E-state index in [4.69, 9.17) is 23.2 Å². The van der Waals surface area contributed by atoms with Crippen molar-refractivity contribution in [1.82, 2.24) is 0 Å². The first kappa shape index (κ1) is 8.86. The van der Waals surface area contributed by atoms with E-state index in [1.807, 2.05) is 12.1 Å². The maximum atomic E-state index is 6.11. The Labute approximate surface area is 90.0 Å². The Kier molecular flexibility index (Phi) is 2.37. The summed E-state index contributed by atoms with van der Waals surface area (Å²) in [6.07, 6.45) is 2.03. The number of alkyl halides is 1. The second kappa shape index (κ2) is 3.21. The van der Waals surface area contributed by atoms with Crippen molar-refractivity contribution in [2.24, 2.45) is 0 Å². The molecule has 12 heavy (non-hydrogen) atoms. The largest absolute Gasteiger partial charge is 0.118 e. The summed E-state index contributed by atoms with van der Waals surface area (Å²) in [5.41, 5.74) is 2.40. The van der Waals surface area contributed by atoms with Crippen LogP contribution in [-0.4, -0.2) is 0 Å². The molecule has 0 aliphatic heterocycles. The minimum absolute atomic E-state index is 0.102. The summed E-state index contributed by atoms with van der Waals surface area (Å²) in [6, 6.07) is 3.88. The van der Waals surface area contributed by atoms with Gasteiger partial charge in [0.15, 0.2) is 0 Å². The second-order valence-electron chi connectivity index (χ2n) is 2.93. The normalized spacial score (nSPS) is 21.1. The van der Waals surface area contributed by atoms with E-state index in [1.54, 1.807) is 0 Å². The molecule has 1 unspecified atom stereocenters. The van der Waals surface area contributed by atoms with Crippen molar-refractivity contribution in [3.63, 3.8) is 0 Å². The van der Waals surface area contributed by atoms with Crippen LogP contribution in [-0.2, 0) is 6.42 Å². The zero-order valence-electron chi connectivity index (χ0n) is 6.28. The van der Waals surface area contributed by atoms with Crippen LogP contribution >= 0.6 is 39.1 Å². The Balaban J connectivity index is 2.64. The molecule has 0 saturated heterocycles. The van der Waals surface area contributed by atoms with Crippen LogP contribution in [0.4, 0.5) is 0 Å². The lowest BCUT2D eigenvalue weighted by Gasteiger charge is -2.06. The lowest BCUT2D eigenvalue weighted by Crippen LogP contribution is -1.86. The van der Waals surface area contributed by atoms with E-state index >= 15 is 0 Å². The van der Waals surface area contributed by atoms with Gasteiger partial charge < -0.3 is 0 Å². The number of fused-ring (bicyclic) bond motifs is 1. The molecule has 0 N–H and O–H groups in total. The molecule has 0 amide bonds. The molecule has 0 aromatic heterocycles. The van der Waals surface area contributed by atoms with Gasteiger partial charge in [0.1, 0.15) is 0 Å². The Morgan fingerprint density at radius 1 is 1.42 bits per heavy atom. The highest BCUT2D eigenvalue weighted by molar-refractivity contribution is 9.10. The van der Waals surface area contributed by atoms with E-state index in [0.29, 0.717) is 0 Å². The molecule has 1 aliphatic carbocycles. The fourth-order valence-electron chi connectivity index (χ4n) is 1.62. The number of hydrogen-bond donors (Lipinski definition) is 0. The van der Waals surface area contributed by atoms with Gasteiger partial charge in [-0.25, -0.2) is 0 Å². The lowest BCUT2D eigenvalue weighted by atomic mass is 10.1. The molecule has 0 nitrogen and oxygen atoms in total. The minimum atomic E-state index is 0.102. The first-order chi connectivity index (χ1) is 5.70. The molecule has 0 fully saturated rings. The van der Waals surface area contributed by atoms with Gasteiger partial charge in [0.2, 0.25) is 0 Å². The molecule has 0 saturated carbocycles. The molecule has 3 heteroatoms. The standard InChI is InChI=1S/C9H7BrCl2/c10-6-2-4-8(12)9-5(6)1-3-7(9)11/h2,4,7H,1,3H2. The van der Waals surface area contributed by atoms with Crippen molar-refractivity contribution in [1.29, 1.82) is 0 Å². The molecule has 1 aliphatic rings. The van der Waals surface area contributed by atoms with Crippen LogP contribution < -0.4 is 0 Å². The van der Waals surface area contributed by atoms with Crippen LogP contribution in [0.5, 0.6) is 0 Å². The molecular weight excluding hydrogens is 259 g/mol. The summed E-state index contributed by atoms with van der Waals surface area (Å²) in [4.78, 5) is 0. The van der Waals surface area contributed by atoms with Gasteiger partial charge in [-0.3, -0.25) is 0 Å². The van der Waals surface area contributed by atoms with Gasteiger partial charge >= 0.3 is 0 Å². The number of benzene rings is 1. The van der Waals surface area contributed by atoms with Gasteiger partial charge in [-0.2, -0.15) is 0 Å². The van der Waals surface area contributed by atoms with E-state index in [2.05, 4.69) is 15.9 Å². The topological polar surface area (TPSA) is 0 Å². The molecule has 2 rings (SSSR count). The van der Waals surface area contributed by atoms with Crippen molar-refractivity contribution >= 4 is 39.1 Å². The molecule has 1 aromatic rings. The van der Waals surface area contributed by atoms with Crippen LogP contribution in [0.1, 0.15) is 22.9 Å². The summed E-state index contributed by atoms with van der Waals surface area (Å²) < 4.78 is 1.13. The fourth-order valence-corrected chi connectivity index (χ4v) is 2.88. The minimum Gasteiger partial charge on any atom is -0.118 e. The number of halogens is 3. The smallest absolute Gasteiger partial charge is 0.0606 e. The fraction of sp³-hybridized carbons (Fsp3) is 0.333. The van der Waals surface area contributed by atoms with E-state index < -0.39 is 0 Å². The van der Waals surface area contributed by atoms with Crippen molar-refractivity contribution in [2.75, 3.05) is 0 Å². The van der Waals surface area contributed by atoms with Crippen LogP contribution in [0.2, 0.25) is 5.02 Å². The van der Waals surface area contributed by atoms with E-state index in [0.717, 1.165) is 27.9 Å². The maximum absolute atomic E-state index is 6.11. The Morgan fingerprint density at radius 2 is 2.17 bits per heavy atom. The predicted octanol–water partition coefficient (Wildman–Crippen LogP) is 4.33. The number of hydrogen-bond acceptors (Lipinski definition) is 0. The van der Waals surface area contributed by atoms with Gasteiger partial charge in [-0.15, -0.1) is 11.6 Å². The zero-order valence-corrected chi connectivity index (χ0v) is 9.38. The van der Waals surface area contributed by atoms with Gasteiger partial charge in [0, 0.05) is 9.50 Å². The maximum Gasteiger partial charge on any atom is 0.0606 e. The zero-order chi connectivity index (χ0) is 8.72. The average molecular weight is 266 g/mol. The summed E-state index contributed by atoms with van der Waals surface area (Å²) in [7, 11) is 0. The molecule has 64 valence electrons. The van der Waals surface area contributed by atoms with Gasteiger partial charge in [0.25, 0.3) is 0 Å². The quantitative estimate of drug-likeness (QED) is 0.613. The second-order valence-corrected chi connectivity index (χ2v) is 4.72. The molecule has 0 radical (unpaired) electrons. The Bertz CT molecular complexity index is 323. The van der Waals surface area contributed by atoms with Gasteiger partial charge in [-0.1, -0.05) is 27.5 Å².